The van der Waals surface area contributed by atoms with E-state index >= 15 is 0 Å². The van der Waals surface area contributed by atoms with Gasteiger partial charge < -0.3 is 15.0 Å². The van der Waals surface area contributed by atoms with Crippen LogP contribution in [0.5, 0.6) is 5.75 Å². The van der Waals surface area contributed by atoms with Crippen molar-refractivity contribution in [1.29, 1.82) is 0 Å². The molecule has 2 aromatic rings. The average Bonchev–Trinajstić information content (AvgIpc) is 2.67. The summed E-state index contributed by atoms with van der Waals surface area (Å²) in [6.07, 6.45) is -4.48. The van der Waals surface area contributed by atoms with E-state index in [2.05, 4.69) is 5.32 Å². The van der Waals surface area contributed by atoms with Crippen molar-refractivity contribution >= 4 is 17.5 Å². The zero-order valence-corrected chi connectivity index (χ0v) is 15.5. The molecule has 0 saturated heterocycles. The maximum atomic E-state index is 12.7. The lowest BCUT2D eigenvalue weighted by Crippen LogP contribution is -2.30. The molecule has 0 spiro atoms. The first-order chi connectivity index (χ1) is 13.2. The maximum absolute atomic E-state index is 12.7. The number of amides is 2. The molecule has 28 heavy (non-hydrogen) atoms. The fourth-order valence-corrected chi connectivity index (χ4v) is 2.50. The number of ether oxygens (including phenoxy) is 1. The highest BCUT2D eigenvalue weighted by Crippen LogP contribution is 2.31. The molecule has 0 aliphatic rings. The summed E-state index contributed by atoms with van der Waals surface area (Å²) in [7, 11) is 0. The molecule has 8 heteroatoms. The molecule has 2 rings (SSSR count). The quantitative estimate of drug-likeness (QED) is 0.766. The van der Waals surface area contributed by atoms with Crippen LogP contribution in [0.15, 0.2) is 48.5 Å². The van der Waals surface area contributed by atoms with E-state index in [1.165, 1.54) is 12.1 Å². The van der Waals surface area contributed by atoms with E-state index in [1.807, 2.05) is 13.8 Å². The zero-order valence-electron chi connectivity index (χ0n) is 15.5. The Morgan fingerprint density at radius 2 is 1.68 bits per heavy atom. The van der Waals surface area contributed by atoms with Gasteiger partial charge in [-0.15, -0.1) is 0 Å². The number of rotatable bonds is 7. The van der Waals surface area contributed by atoms with E-state index in [4.69, 9.17) is 4.74 Å². The maximum Gasteiger partial charge on any atom is 0.416 e. The third-order valence-corrected chi connectivity index (χ3v) is 4.00. The normalized spacial score (nSPS) is 11.0. The molecule has 0 radical (unpaired) electrons. The first-order valence-electron chi connectivity index (χ1n) is 8.73. The van der Waals surface area contributed by atoms with Gasteiger partial charge in [0.15, 0.2) is 6.61 Å². The highest BCUT2D eigenvalue weighted by atomic mass is 19.4. The van der Waals surface area contributed by atoms with Crippen LogP contribution in [0.2, 0.25) is 0 Å². The van der Waals surface area contributed by atoms with Crippen LogP contribution in [0, 0.1) is 0 Å². The summed E-state index contributed by atoms with van der Waals surface area (Å²) in [5.74, 6) is -0.680. The molecule has 0 fully saturated rings. The van der Waals surface area contributed by atoms with Crippen LogP contribution in [-0.2, 0) is 11.0 Å². The number of anilines is 1. The molecular formula is C20H21F3N2O3. The smallest absolute Gasteiger partial charge is 0.416 e. The van der Waals surface area contributed by atoms with E-state index in [0.717, 1.165) is 12.1 Å². The van der Waals surface area contributed by atoms with Crippen molar-refractivity contribution in [3.63, 3.8) is 0 Å². The van der Waals surface area contributed by atoms with Crippen molar-refractivity contribution < 1.29 is 27.5 Å². The molecule has 150 valence electrons. The minimum absolute atomic E-state index is 0.0508. The molecule has 0 aromatic heterocycles. The van der Waals surface area contributed by atoms with Gasteiger partial charge >= 0.3 is 6.18 Å². The number of nitrogens with one attached hydrogen (secondary N) is 1. The van der Waals surface area contributed by atoms with Gasteiger partial charge in [0.1, 0.15) is 5.75 Å². The summed E-state index contributed by atoms with van der Waals surface area (Å²) in [5, 5.41) is 2.57. The Kier molecular flexibility index (Phi) is 7.03. The van der Waals surface area contributed by atoms with Gasteiger partial charge in [0.2, 0.25) is 0 Å². The first kappa shape index (κ1) is 21.3. The third kappa shape index (κ3) is 5.73. The fraction of sp³-hybridized carbons (Fsp3) is 0.300. The zero-order chi connectivity index (χ0) is 20.7. The monoisotopic (exact) mass is 394 g/mol. The van der Waals surface area contributed by atoms with E-state index in [0.29, 0.717) is 24.3 Å². The van der Waals surface area contributed by atoms with Crippen LogP contribution in [0.25, 0.3) is 0 Å². The summed E-state index contributed by atoms with van der Waals surface area (Å²) in [4.78, 5) is 25.9. The van der Waals surface area contributed by atoms with Crippen LogP contribution in [0.4, 0.5) is 18.9 Å². The van der Waals surface area contributed by atoms with Crippen LogP contribution in [-0.4, -0.2) is 36.4 Å². The molecule has 2 aromatic carbocycles. The predicted octanol–water partition coefficient (Wildman–Crippen LogP) is 4.20. The van der Waals surface area contributed by atoms with Crippen molar-refractivity contribution in [3.8, 4) is 5.75 Å². The lowest BCUT2D eigenvalue weighted by molar-refractivity contribution is -0.137. The van der Waals surface area contributed by atoms with Gasteiger partial charge in [0, 0.05) is 24.3 Å². The van der Waals surface area contributed by atoms with Gasteiger partial charge in [-0.1, -0.05) is 6.07 Å². The van der Waals surface area contributed by atoms with Gasteiger partial charge in [-0.25, -0.2) is 0 Å². The van der Waals surface area contributed by atoms with Crippen molar-refractivity contribution in [2.24, 2.45) is 0 Å². The largest absolute Gasteiger partial charge is 0.484 e. The van der Waals surface area contributed by atoms with Crippen LogP contribution in [0.3, 0.4) is 0 Å². The average molecular weight is 394 g/mol. The minimum Gasteiger partial charge on any atom is -0.484 e. The second kappa shape index (κ2) is 9.25. The Labute approximate surface area is 161 Å². The number of hydrogen-bond acceptors (Lipinski definition) is 3. The Morgan fingerprint density at radius 1 is 1.04 bits per heavy atom. The number of halogens is 3. The highest BCUT2D eigenvalue weighted by Gasteiger charge is 2.30. The van der Waals surface area contributed by atoms with E-state index < -0.39 is 24.3 Å². The molecule has 5 nitrogen and oxygen atoms in total. The van der Waals surface area contributed by atoms with Gasteiger partial charge in [-0.3, -0.25) is 9.59 Å². The molecule has 0 heterocycles. The Morgan fingerprint density at radius 3 is 2.25 bits per heavy atom. The standard InChI is InChI=1S/C20H21F3N2O3/c1-3-25(4-2)19(27)14-8-10-16(11-9-14)24-18(26)13-28-17-7-5-6-15(12-17)20(21,22)23/h5-12H,3-4,13H2,1-2H3,(H,24,26). The summed E-state index contributed by atoms with van der Waals surface area (Å²) in [6, 6.07) is 10.7. The van der Waals surface area contributed by atoms with Gasteiger partial charge in [-0.05, 0) is 56.3 Å². The Bertz CT molecular complexity index is 816. The van der Waals surface area contributed by atoms with Gasteiger partial charge in [0.25, 0.3) is 11.8 Å². The molecule has 2 amide bonds. The lowest BCUT2D eigenvalue weighted by atomic mass is 10.2. The second-order valence-electron chi connectivity index (χ2n) is 5.92. The SMILES string of the molecule is CCN(CC)C(=O)c1ccc(NC(=O)COc2cccc(C(F)(F)F)c2)cc1. The highest BCUT2D eigenvalue weighted by molar-refractivity contribution is 5.96. The predicted molar refractivity (Wildman–Crippen MR) is 99.3 cm³/mol. The molecule has 0 unspecified atom stereocenters. The van der Waals surface area contributed by atoms with Crippen molar-refractivity contribution in [3.05, 3.63) is 59.7 Å². The number of hydrogen-bond donors (Lipinski definition) is 1. The summed E-state index contributed by atoms with van der Waals surface area (Å²) in [5.41, 5.74) is 0.106. The molecule has 1 N–H and O–H groups in total. The Hall–Kier alpha value is -3.03. The van der Waals surface area contributed by atoms with E-state index in [9.17, 15) is 22.8 Å². The number of carbonyl (C=O) groups is 2. The molecule has 0 aliphatic carbocycles. The fourth-order valence-electron chi connectivity index (χ4n) is 2.50. The van der Waals surface area contributed by atoms with Crippen molar-refractivity contribution in [2.45, 2.75) is 20.0 Å². The van der Waals surface area contributed by atoms with Gasteiger partial charge in [0.05, 0.1) is 5.56 Å². The molecule has 0 atom stereocenters. The molecule has 0 saturated carbocycles. The second-order valence-corrected chi connectivity index (χ2v) is 5.92. The lowest BCUT2D eigenvalue weighted by Gasteiger charge is -2.18. The first-order valence-corrected chi connectivity index (χ1v) is 8.73. The van der Waals surface area contributed by atoms with Crippen molar-refractivity contribution in [1.82, 2.24) is 4.90 Å². The van der Waals surface area contributed by atoms with Crippen molar-refractivity contribution in [2.75, 3.05) is 25.0 Å². The third-order valence-electron chi connectivity index (χ3n) is 4.00. The van der Waals surface area contributed by atoms with Crippen LogP contribution >= 0.6 is 0 Å². The number of alkyl halides is 3. The summed E-state index contributed by atoms with van der Waals surface area (Å²) >= 11 is 0. The number of benzene rings is 2. The topological polar surface area (TPSA) is 58.6 Å². The molecule has 0 aliphatic heterocycles. The van der Waals surface area contributed by atoms with E-state index in [1.54, 1.807) is 29.2 Å². The number of nitrogens with zero attached hydrogens (tertiary/aromatic N) is 1. The molecule has 0 bridgehead atoms. The summed E-state index contributed by atoms with van der Waals surface area (Å²) < 4.78 is 43.2. The van der Waals surface area contributed by atoms with Crippen LogP contribution in [0.1, 0.15) is 29.8 Å². The van der Waals surface area contributed by atoms with E-state index in [-0.39, 0.29) is 11.7 Å². The van der Waals surface area contributed by atoms with Gasteiger partial charge in [-0.2, -0.15) is 13.2 Å². The number of carbonyl (C=O) groups excluding carboxylic acids is 2. The molecular weight excluding hydrogens is 373 g/mol. The van der Waals surface area contributed by atoms with Crippen LogP contribution < -0.4 is 10.1 Å². The summed E-state index contributed by atoms with van der Waals surface area (Å²) in [6.45, 7) is 4.53. The Balaban J connectivity index is 1.92. The minimum atomic E-state index is -4.48.